The Morgan fingerprint density at radius 3 is 2.85 bits per heavy atom. The Kier molecular flexibility index (Phi) is 4.03. The quantitative estimate of drug-likeness (QED) is 0.605. The fraction of sp³-hybridized carbons (Fsp3) is 0.333. The van der Waals surface area contributed by atoms with Crippen LogP contribution >= 0.6 is 24.2 Å². The number of hydrogen-bond acceptors (Lipinski definition) is 2. The highest BCUT2D eigenvalue weighted by atomic mass is 35.5. The van der Waals surface area contributed by atoms with Gasteiger partial charge in [0, 0.05) is 23.0 Å². The maximum absolute atomic E-state index is 13.2. The zero-order valence-electron chi connectivity index (χ0n) is 7.30. The average molecular weight is 220 g/mol. The molecule has 0 aliphatic heterocycles. The number of rotatable bonds is 3. The predicted molar refractivity (Wildman–Crippen MR) is 56.7 cm³/mol. The summed E-state index contributed by atoms with van der Waals surface area (Å²) in [6.07, 6.45) is 0. The second-order valence-electron chi connectivity index (χ2n) is 2.89. The molecule has 1 aromatic carbocycles. The van der Waals surface area contributed by atoms with E-state index in [1.807, 2.05) is 11.9 Å². The summed E-state index contributed by atoms with van der Waals surface area (Å²) in [6.45, 7) is 0.524. The number of benzene rings is 1. The van der Waals surface area contributed by atoms with Crippen LogP contribution in [0, 0.1) is 5.82 Å². The first-order valence-electron chi connectivity index (χ1n) is 3.87. The van der Waals surface area contributed by atoms with Crippen molar-refractivity contribution in [2.24, 2.45) is 0 Å². The summed E-state index contributed by atoms with van der Waals surface area (Å²) in [5.74, 6) is 0.365. The van der Waals surface area contributed by atoms with Crippen molar-refractivity contribution >= 4 is 24.2 Å². The molecule has 0 spiro atoms. The molecule has 1 nitrogen and oxygen atoms in total. The van der Waals surface area contributed by atoms with Crippen molar-refractivity contribution in [1.29, 1.82) is 0 Å². The van der Waals surface area contributed by atoms with Crippen molar-refractivity contribution < 1.29 is 4.39 Å². The van der Waals surface area contributed by atoms with Gasteiger partial charge in [0.2, 0.25) is 0 Å². The highest BCUT2D eigenvalue weighted by molar-refractivity contribution is 7.80. The molecular weight excluding hydrogens is 209 g/mol. The lowest BCUT2D eigenvalue weighted by molar-refractivity contribution is 0.378. The molecule has 1 aromatic rings. The number of nitrogens with zero attached hydrogens (tertiary/aromatic N) is 1. The van der Waals surface area contributed by atoms with Crippen molar-refractivity contribution in [2.45, 2.75) is 6.54 Å². The predicted octanol–water partition coefficient (Wildman–Crippen LogP) is 2.80. The van der Waals surface area contributed by atoms with Crippen LogP contribution in [0.15, 0.2) is 18.2 Å². The van der Waals surface area contributed by atoms with Gasteiger partial charge >= 0.3 is 0 Å². The molecule has 0 bridgehead atoms. The van der Waals surface area contributed by atoms with Gasteiger partial charge in [0.25, 0.3) is 0 Å². The summed E-state index contributed by atoms with van der Waals surface area (Å²) >= 11 is 9.82. The summed E-state index contributed by atoms with van der Waals surface area (Å²) in [7, 11) is 1.87. The second-order valence-corrected chi connectivity index (χ2v) is 3.61. The SMILES string of the molecule is CN(CS)Cc1cc(Cl)ccc1F. The van der Waals surface area contributed by atoms with Gasteiger partial charge in [0.15, 0.2) is 0 Å². The maximum atomic E-state index is 13.2. The fourth-order valence-electron chi connectivity index (χ4n) is 1.01. The van der Waals surface area contributed by atoms with E-state index < -0.39 is 0 Å². The van der Waals surface area contributed by atoms with Crippen molar-refractivity contribution in [3.8, 4) is 0 Å². The Hall–Kier alpha value is -0.250. The van der Waals surface area contributed by atoms with Crippen molar-refractivity contribution in [3.05, 3.63) is 34.6 Å². The summed E-state index contributed by atoms with van der Waals surface area (Å²) in [6, 6.07) is 4.56. The van der Waals surface area contributed by atoms with Crippen molar-refractivity contribution in [1.82, 2.24) is 4.90 Å². The Morgan fingerprint density at radius 2 is 2.23 bits per heavy atom. The molecule has 4 heteroatoms. The summed E-state index contributed by atoms with van der Waals surface area (Å²) in [4.78, 5) is 1.89. The van der Waals surface area contributed by atoms with E-state index in [0.717, 1.165) is 0 Å². The molecule has 0 aromatic heterocycles. The maximum Gasteiger partial charge on any atom is 0.127 e. The molecule has 0 unspecified atom stereocenters. The number of halogens is 2. The molecule has 0 atom stereocenters. The van der Waals surface area contributed by atoms with Gasteiger partial charge in [-0.1, -0.05) is 11.6 Å². The molecule has 72 valence electrons. The van der Waals surface area contributed by atoms with Gasteiger partial charge in [-0.05, 0) is 25.2 Å². The Balaban J connectivity index is 2.81. The monoisotopic (exact) mass is 219 g/mol. The van der Waals surface area contributed by atoms with Crippen LogP contribution < -0.4 is 0 Å². The van der Waals surface area contributed by atoms with E-state index in [-0.39, 0.29) is 5.82 Å². The van der Waals surface area contributed by atoms with Gasteiger partial charge in [-0.25, -0.2) is 4.39 Å². The molecule has 0 amide bonds. The highest BCUT2D eigenvalue weighted by Crippen LogP contribution is 2.16. The topological polar surface area (TPSA) is 3.24 Å². The molecule has 0 aliphatic rings. The van der Waals surface area contributed by atoms with Crippen LogP contribution in [0.25, 0.3) is 0 Å². The van der Waals surface area contributed by atoms with E-state index in [4.69, 9.17) is 11.6 Å². The lowest BCUT2D eigenvalue weighted by atomic mass is 10.2. The van der Waals surface area contributed by atoms with Crippen LogP contribution in [0.2, 0.25) is 5.02 Å². The lowest BCUT2D eigenvalue weighted by Crippen LogP contribution is -2.16. The molecule has 1 rings (SSSR count). The minimum atomic E-state index is -0.224. The molecule has 13 heavy (non-hydrogen) atoms. The first-order chi connectivity index (χ1) is 6.13. The van der Waals surface area contributed by atoms with E-state index in [1.165, 1.54) is 6.07 Å². The normalized spacial score (nSPS) is 10.8. The van der Waals surface area contributed by atoms with Gasteiger partial charge in [-0.3, -0.25) is 4.90 Å². The van der Waals surface area contributed by atoms with Crippen LogP contribution in [0.1, 0.15) is 5.56 Å². The summed E-state index contributed by atoms with van der Waals surface area (Å²) in [5, 5.41) is 0.559. The van der Waals surface area contributed by atoms with Crippen LogP contribution in [0.4, 0.5) is 4.39 Å². The van der Waals surface area contributed by atoms with E-state index in [2.05, 4.69) is 12.6 Å². The number of thiol groups is 1. The summed E-state index contributed by atoms with van der Waals surface area (Å²) in [5.41, 5.74) is 0.601. The van der Waals surface area contributed by atoms with E-state index >= 15 is 0 Å². The van der Waals surface area contributed by atoms with Gasteiger partial charge in [-0.2, -0.15) is 12.6 Å². The van der Waals surface area contributed by atoms with Gasteiger partial charge in [-0.15, -0.1) is 0 Å². The molecule has 0 saturated heterocycles. The molecule has 0 aliphatic carbocycles. The lowest BCUT2D eigenvalue weighted by Gasteiger charge is -2.13. The molecule has 0 N–H and O–H groups in total. The minimum absolute atomic E-state index is 0.224. The Morgan fingerprint density at radius 1 is 1.54 bits per heavy atom. The smallest absolute Gasteiger partial charge is 0.127 e. The standard InChI is InChI=1S/C9H11ClFNS/c1-12(6-13)5-7-4-8(10)2-3-9(7)11/h2-4,13H,5-6H2,1H3. The highest BCUT2D eigenvalue weighted by Gasteiger charge is 2.04. The van der Waals surface area contributed by atoms with Gasteiger partial charge < -0.3 is 0 Å². The van der Waals surface area contributed by atoms with Crippen molar-refractivity contribution in [3.63, 3.8) is 0 Å². The zero-order valence-corrected chi connectivity index (χ0v) is 8.95. The molecule has 0 heterocycles. The molecular formula is C9H11ClFNS. The average Bonchev–Trinajstić information content (AvgIpc) is 2.11. The third-order valence-corrected chi connectivity index (χ3v) is 2.41. The van der Waals surface area contributed by atoms with Crippen LogP contribution in [0.5, 0.6) is 0 Å². The largest absolute Gasteiger partial charge is 0.293 e. The van der Waals surface area contributed by atoms with E-state index in [1.54, 1.807) is 12.1 Å². The Bertz CT molecular complexity index is 293. The molecule has 0 fully saturated rings. The van der Waals surface area contributed by atoms with Gasteiger partial charge in [0.05, 0.1) is 0 Å². The van der Waals surface area contributed by atoms with Crippen molar-refractivity contribution in [2.75, 3.05) is 12.9 Å². The molecule has 0 radical (unpaired) electrons. The fourth-order valence-corrected chi connectivity index (χ4v) is 1.30. The van der Waals surface area contributed by atoms with E-state index in [9.17, 15) is 4.39 Å². The van der Waals surface area contributed by atoms with Crippen LogP contribution in [-0.4, -0.2) is 17.8 Å². The van der Waals surface area contributed by atoms with Crippen LogP contribution in [0.3, 0.4) is 0 Å². The zero-order chi connectivity index (χ0) is 9.84. The van der Waals surface area contributed by atoms with E-state index in [0.29, 0.717) is 23.0 Å². The Labute approximate surface area is 87.9 Å². The second kappa shape index (κ2) is 4.84. The first-order valence-corrected chi connectivity index (χ1v) is 4.88. The van der Waals surface area contributed by atoms with Crippen LogP contribution in [-0.2, 0) is 6.54 Å². The molecule has 0 saturated carbocycles. The third kappa shape index (κ3) is 3.18. The third-order valence-electron chi connectivity index (χ3n) is 1.69. The number of hydrogen-bond donors (Lipinski definition) is 1. The van der Waals surface area contributed by atoms with Gasteiger partial charge in [0.1, 0.15) is 5.82 Å². The minimum Gasteiger partial charge on any atom is -0.293 e. The first kappa shape index (κ1) is 10.8. The summed E-state index contributed by atoms with van der Waals surface area (Å²) < 4.78 is 13.2.